The minimum absolute atomic E-state index is 0.0396. The van der Waals surface area contributed by atoms with Gasteiger partial charge in [-0.2, -0.15) is 0 Å². The fourth-order valence-electron chi connectivity index (χ4n) is 3.00. The summed E-state index contributed by atoms with van der Waals surface area (Å²) >= 11 is 7.69. The number of piperazine rings is 1. The Bertz CT molecular complexity index is 702. The van der Waals surface area contributed by atoms with Gasteiger partial charge in [-0.1, -0.05) is 41.9 Å². The molecule has 0 aliphatic carbocycles. The zero-order chi connectivity index (χ0) is 17.6. The number of benzene rings is 2. The van der Waals surface area contributed by atoms with E-state index in [0.29, 0.717) is 0 Å². The van der Waals surface area contributed by atoms with Gasteiger partial charge >= 0.3 is 0 Å². The van der Waals surface area contributed by atoms with Crippen LogP contribution in [-0.4, -0.2) is 42.2 Å². The maximum absolute atomic E-state index is 12.7. The van der Waals surface area contributed by atoms with E-state index in [1.54, 1.807) is 11.8 Å². The lowest BCUT2D eigenvalue weighted by Crippen LogP contribution is -2.50. The molecule has 0 N–H and O–H groups in total. The van der Waals surface area contributed by atoms with Gasteiger partial charge in [-0.25, -0.2) is 0 Å². The molecule has 3 rings (SSSR count). The molecule has 0 saturated carbocycles. The lowest BCUT2D eigenvalue weighted by atomic mass is 10.2. The van der Waals surface area contributed by atoms with Gasteiger partial charge < -0.3 is 9.80 Å². The number of halogens is 1. The zero-order valence-electron chi connectivity index (χ0n) is 14.4. The summed E-state index contributed by atoms with van der Waals surface area (Å²) < 4.78 is 0. The van der Waals surface area contributed by atoms with Gasteiger partial charge in [0.2, 0.25) is 5.91 Å². The van der Waals surface area contributed by atoms with E-state index < -0.39 is 0 Å². The first kappa shape index (κ1) is 18.2. The van der Waals surface area contributed by atoms with E-state index in [4.69, 9.17) is 11.6 Å². The Balaban J connectivity index is 1.48. The molecule has 25 heavy (non-hydrogen) atoms. The van der Waals surface area contributed by atoms with Crippen molar-refractivity contribution >= 4 is 35.0 Å². The van der Waals surface area contributed by atoms with Crippen LogP contribution in [0, 0.1) is 0 Å². The van der Waals surface area contributed by atoms with Crippen LogP contribution >= 0.6 is 23.4 Å². The van der Waals surface area contributed by atoms with E-state index in [1.807, 2.05) is 36.1 Å². The van der Waals surface area contributed by atoms with E-state index in [-0.39, 0.29) is 11.2 Å². The lowest BCUT2D eigenvalue weighted by Gasteiger charge is -2.37. The maximum Gasteiger partial charge on any atom is 0.235 e. The van der Waals surface area contributed by atoms with Crippen LogP contribution in [0.25, 0.3) is 0 Å². The van der Waals surface area contributed by atoms with Crippen LogP contribution in [0.2, 0.25) is 5.02 Å². The van der Waals surface area contributed by atoms with Crippen LogP contribution in [0.1, 0.15) is 12.5 Å². The molecule has 1 aliphatic rings. The van der Waals surface area contributed by atoms with E-state index >= 15 is 0 Å². The number of para-hydroxylation sites is 1. The average Bonchev–Trinajstić information content (AvgIpc) is 2.66. The first-order valence-corrected chi connectivity index (χ1v) is 10.0. The number of thioether (sulfide) groups is 1. The number of anilines is 1. The third-order valence-corrected chi connectivity index (χ3v) is 5.89. The highest BCUT2D eigenvalue weighted by Gasteiger charge is 2.25. The fourth-order valence-corrected chi connectivity index (χ4v) is 4.13. The second kappa shape index (κ2) is 8.63. The van der Waals surface area contributed by atoms with Gasteiger partial charge in [0.1, 0.15) is 0 Å². The van der Waals surface area contributed by atoms with Gasteiger partial charge in [0.25, 0.3) is 0 Å². The Kier molecular flexibility index (Phi) is 6.27. The van der Waals surface area contributed by atoms with Crippen LogP contribution in [-0.2, 0) is 10.5 Å². The molecule has 1 atom stereocenters. The zero-order valence-corrected chi connectivity index (χ0v) is 16.0. The van der Waals surface area contributed by atoms with Gasteiger partial charge in [-0.05, 0) is 36.8 Å². The third-order valence-electron chi connectivity index (χ3n) is 4.45. The molecule has 1 aliphatic heterocycles. The lowest BCUT2D eigenvalue weighted by molar-refractivity contribution is -0.130. The van der Waals surface area contributed by atoms with Gasteiger partial charge in [-0.15, -0.1) is 11.8 Å². The summed E-state index contributed by atoms with van der Waals surface area (Å²) in [6, 6.07) is 18.2. The van der Waals surface area contributed by atoms with E-state index in [2.05, 4.69) is 35.2 Å². The number of hydrogen-bond donors (Lipinski definition) is 0. The molecule has 0 bridgehead atoms. The molecule has 5 heteroatoms. The van der Waals surface area contributed by atoms with Crippen LogP contribution in [0.5, 0.6) is 0 Å². The van der Waals surface area contributed by atoms with Crippen molar-refractivity contribution in [3.8, 4) is 0 Å². The summed E-state index contributed by atoms with van der Waals surface area (Å²) in [5.74, 6) is 1.04. The Morgan fingerprint density at radius 1 is 1.08 bits per heavy atom. The van der Waals surface area contributed by atoms with E-state index in [1.165, 1.54) is 5.69 Å². The summed E-state index contributed by atoms with van der Waals surface area (Å²) in [5, 5.41) is 0.705. The molecule has 2 aromatic carbocycles. The third kappa shape index (κ3) is 4.93. The molecule has 1 heterocycles. The molecule has 0 radical (unpaired) electrons. The minimum Gasteiger partial charge on any atom is -0.368 e. The number of rotatable bonds is 5. The van der Waals surface area contributed by atoms with Gasteiger partial charge in [0.15, 0.2) is 0 Å². The van der Waals surface area contributed by atoms with Crippen LogP contribution < -0.4 is 4.90 Å². The first-order chi connectivity index (χ1) is 12.1. The quantitative estimate of drug-likeness (QED) is 0.779. The Hall–Kier alpha value is -1.65. The summed E-state index contributed by atoms with van der Waals surface area (Å²) in [7, 11) is 0. The standard InChI is InChI=1S/C20H23ClN2OS/c1-16(25-15-17-6-5-7-18(21)14-17)20(24)23-12-10-22(11-13-23)19-8-3-2-4-9-19/h2-9,14,16H,10-13,15H2,1H3. The minimum atomic E-state index is -0.0396. The molecule has 1 fully saturated rings. The fraction of sp³-hybridized carbons (Fsp3) is 0.350. The second-order valence-electron chi connectivity index (χ2n) is 6.23. The Morgan fingerprint density at radius 3 is 2.48 bits per heavy atom. The normalized spacial score (nSPS) is 15.9. The van der Waals surface area contributed by atoms with E-state index in [9.17, 15) is 4.79 Å². The van der Waals surface area contributed by atoms with Gasteiger partial charge in [0, 0.05) is 42.6 Å². The average molecular weight is 375 g/mol. The molecule has 1 saturated heterocycles. The number of carbonyl (C=O) groups is 1. The SMILES string of the molecule is CC(SCc1cccc(Cl)c1)C(=O)N1CCN(c2ccccc2)CC1. The highest BCUT2D eigenvalue weighted by molar-refractivity contribution is 7.99. The number of nitrogens with zero attached hydrogens (tertiary/aromatic N) is 2. The predicted molar refractivity (Wildman–Crippen MR) is 107 cm³/mol. The summed E-state index contributed by atoms with van der Waals surface area (Å²) in [5.41, 5.74) is 2.39. The molecule has 0 spiro atoms. The number of hydrogen-bond acceptors (Lipinski definition) is 3. The van der Waals surface area contributed by atoms with Crippen molar-refractivity contribution in [2.45, 2.75) is 17.9 Å². The van der Waals surface area contributed by atoms with Crippen LogP contribution in [0.4, 0.5) is 5.69 Å². The molecular weight excluding hydrogens is 352 g/mol. The molecule has 1 unspecified atom stereocenters. The molecule has 2 aromatic rings. The van der Waals surface area contributed by atoms with Crippen molar-refractivity contribution in [3.63, 3.8) is 0 Å². The van der Waals surface area contributed by atoms with Crippen molar-refractivity contribution in [3.05, 3.63) is 65.2 Å². The highest BCUT2D eigenvalue weighted by atomic mass is 35.5. The van der Waals surface area contributed by atoms with Crippen molar-refractivity contribution < 1.29 is 4.79 Å². The van der Waals surface area contributed by atoms with Gasteiger partial charge in [-0.3, -0.25) is 4.79 Å². The molecule has 1 amide bonds. The molecule has 132 valence electrons. The summed E-state index contributed by atoms with van der Waals surface area (Å²) in [6.07, 6.45) is 0. The predicted octanol–water partition coefficient (Wildman–Crippen LogP) is 4.31. The Morgan fingerprint density at radius 2 is 1.80 bits per heavy atom. The topological polar surface area (TPSA) is 23.6 Å². The van der Waals surface area contributed by atoms with Crippen molar-refractivity contribution in [2.24, 2.45) is 0 Å². The first-order valence-electron chi connectivity index (χ1n) is 8.58. The number of carbonyl (C=O) groups excluding carboxylic acids is 1. The molecule has 0 aromatic heterocycles. The maximum atomic E-state index is 12.7. The van der Waals surface area contributed by atoms with Crippen molar-refractivity contribution in [2.75, 3.05) is 31.1 Å². The van der Waals surface area contributed by atoms with Crippen molar-refractivity contribution in [1.29, 1.82) is 0 Å². The van der Waals surface area contributed by atoms with E-state index in [0.717, 1.165) is 42.5 Å². The molecule has 3 nitrogen and oxygen atoms in total. The van der Waals surface area contributed by atoms with Gasteiger partial charge in [0.05, 0.1) is 5.25 Å². The summed E-state index contributed by atoms with van der Waals surface area (Å²) in [4.78, 5) is 17.0. The second-order valence-corrected chi connectivity index (χ2v) is 8.00. The monoisotopic (exact) mass is 374 g/mol. The number of amides is 1. The molecular formula is C20H23ClN2OS. The summed E-state index contributed by atoms with van der Waals surface area (Å²) in [6.45, 7) is 5.36. The van der Waals surface area contributed by atoms with Crippen LogP contribution in [0.3, 0.4) is 0 Å². The Labute approximate surface area is 159 Å². The smallest absolute Gasteiger partial charge is 0.235 e. The van der Waals surface area contributed by atoms with Crippen LogP contribution in [0.15, 0.2) is 54.6 Å². The highest BCUT2D eigenvalue weighted by Crippen LogP contribution is 2.23. The largest absolute Gasteiger partial charge is 0.368 e. The van der Waals surface area contributed by atoms with Crippen molar-refractivity contribution in [1.82, 2.24) is 4.90 Å².